The maximum atomic E-state index is 13.2. The van der Waals surface area contributed by atoms with Gasteiger partial charge in [-0.3, -0.25) is 9.59 Å². The summed E-state index contributed by atoms with van der Waals surface area (Å²) in [7, 11) is 1.53. The Morgan fingerprint density at radius 3 is 2.55 bits per heavy atom. The fourth-order valence-corrected chi connectivity index (χ4v) is 2.05. The van der Waals surface area contributed by atoms with Crippen LogP contribution in [0.1, 0.15) is 24.2 Å². The Labute approximate surface area is 125 Å². The van der Waals surface area contributed by atoms with E-state index in [2.05, 4.69) is 26.6 Å². The largest absolute Gasteiger partial charge is 0.396 e. The lowest BCUT2D eigenvalue weighted by atomic mass is 9.92. The van der Waals surface area contributed by atoms with Crippen LogP contribution in [0.2, 0.25) is 0 Å². The van der Waals surface area contributed by atoms with Crippen LogP contribution in [-0.4, -0.2) is 25.4 Å². The highest BCUT2D eigenvalue weighted by Gasteiger charge is 2.27. The van der Waals surface area contributed by atoms with E-state index in [1.165, 1.54) is 13.1 Å². The van der Waals surface area contributed by atoms with Crippen LogP contribution >= 0.6 is 15.9 Å². The first kappa shape index (κ1) is 16.4. The number of hydrogen-bond acceptors (Lipinski definition) is 3. The van der Waals surface area contributed by atoms with Crippen molar-refractivity contribution >= 4 is 33.4 Å². The van der Waals surface area contributed by atoms with Crippen molar-refractivity contribution in [2.45, 2.75) is 13.8 Å². The first-order valence-corrected chi connectivity index (χ1v) is 6.73. The molecule has 0 fully saturated rings. The minimum Gasteiger partial charge on any atom is -0.396 e. The Hall–Kier alpha value is -1.63. The van der Waals surface area contributed by atoms with Gasteiger partial charge in [-0.25, -0.2) is 4.39 Å². The molecular formula is C13H17BrFN3O2. The summed E-state index contributed by atoms with van der Waals surface area (Å²) in [5.74, 6) is -1.21. The van der Waals surface area contributed by atoms with Crippen LogP contribution in [0.3, 0.4) is 0 Å². The van der Waals surface area contributed by atoms with E-state index in [4.69, 9.17) is 5.73 Å². The topological polar surface area (TPSA) is 84.2 Å². The SMILES string of the molecule is CNC(=O)C(C)(C)CNC(=O)c1cc(N)c(F)cc1Br. The average Bonchev–Trinajstić information content (AvgIpc) is 2.39. The first-order chi connectivity index (χ1) is 9.19. The maximum Gasteiger partial charge on any atom is 0.252 e. The first-order valence-electron chi connectivity index (χ1n) is 5.94. The molecule has 110 valence electrons. The number of carbonyl (C=O) groups excluding carboxylic acids is 2. The van der Waals surface area contributed by atoms with Crippen LogP contribution in [-0.2, 0) is 4.79 Å². The summed E-state index contributed by atoms with van der Waals surface area (Å²) in [5, 5.41) is 5.16. The highest BCUT2D eigenvalue weighted by atomic mass is 79.9. The zero-order valence-corrected chi connectivity index (χ0v) is 13.1. The van der Waals surface area contributed by atoms with Crippen LogP contribution < -0.4 is 16.4 Å². The highest BCUT2D eigenvalue weighted by molar-refractivity contribution is 9.10. The Morgan fingerprint density at radius 2 is 2.00 bits per heavy atom. The standard InChI is InChI=1S/C13H17BrFN3O2/c1-13(2,12(20)17-3)6-18-11(19)7-4-10(16)9(15)5-8(7)14/h4-5H,6,16H2,1-3H3,(H,17,20)(H,18,19). The molecule has 0 aliphatic heterocycles. The highest BCUT2D eigenvalue weighted by Crippen LogP contribution is 2.23. The van der Waals surface area contributed by atoms with Crippen molar-refractivity contribution in [2.75, 3.05) is 19.3 Å². The molecule has 0 unspecified atom stereocenters. The molecule has 0 spiro atoms. The summed E-state index contributed by atoms with van der Waals surface area (Å²) >= 11 is 3.11. The van der Waals surface area contributed by atoms with Gasteiger partial charge in [0, 0.05) is 18.1 Å². The van der Waals surface area contributed by atoms with Gasteiger partial charge in [-0.2, -0.15) is 0 Å². The van der Waals surface area contributed by atoms with E-state index in [0.717, 1.165) is 6.07 Å². The van der Waals surface area contributed by atoms with E-state index in [1.54, 1.807) is 13.8 Å². The average molecular weight is 346 g/mol. The third kappa shape index (κ3) is 3.69. The summed E-state index contributed by atoms with van der Waals surface area (Å²) in [5.41, 5.74) is 4.80. The number of nitrogens with one attached hydrogen (secondary N) is 2. The number of anilines is 1. The molecule has 0 heterocycles. The molecule has 2 amide bonds. The third-order valence-corrected chi connectivity index (χ3v) is 3.52. The number of halogens is 2. The summed E-state index contributed by atoms with van der Waals surface area (Å²) < 4.78 is 13.5. The van der Waals surface area contributed by atoms with Crippen molar-refractivity contribution in [3.05, 3.63) is 28.0 Å². The molecule has 0 bridgehead atoms. The Bertz CT molecular complexity index is 547. The minimum atomic E-state index is -0.748. The van der Waals surface area contributed by atoms with Gasteiger partial charge in [0.1, 0.15) is 5.82 Å². The molecule has 0 saturated carbocycles. The van der Waals surface area contributed by atoms with Crippen molar-refractivity contribution in [3.63, 3.8) is 0 Å². The second-order valence-electron chi connectivity index (χ2n) is 5.00. The van der Waals surface area contributed by atoms with Crippen LogP contribution in [0.25, 0.3) is 0 Å². The van der Waals surface area contributed by atoms with E-state index < -0.39 is 17.1 Å². The van der Waals surface area contributed by atoms with Crippen LogP contribution in [0.15, 0.2) is 16.6 Å². The molecule has 4 N–H and O–H groups in total. The molecule has 1 rings (SSSR count). The van der Waals surface area contributed by atoms with Gasteiger partial charge in [0.25, 0.3) is 5.91 Å². The third-order valence-electron chi connectivity index (χ3n) is 2.86. The fraction of sp³-hybridized carbons (Fsp3) is 0.385. The second-order valence-corrected chi connectivity index (χ2v) is 5.85. The molecule has 1 aromatic carbocycles. The Balaban J connectivity index is 2.83. The number of carbonyl (C=O) groups is 2. The molecule has 0 aromatic heterocycles. The number of rotatable bonds is 4. The molecule has 20 heavy (non-hydrogen) atoms. The van der Waals surface area contributed by atoms with E-state index in [-0.39, 0.29) is 23.7 Å². The van der Waals surface area contributed by atoms with Gasteiger partial charge in [0.05, 0.1) is 16.7 Å². The lowest BCUT2D eigenvalue weighted by molar-refractivity contribution is -0.128. The van der Waals surface area contributed by atoms with Gasteiger partial charge < -0.3 is 16.4 Å². The predicted molar refractivity (Wildman–Crippen MR) is 78.7 cm³/mol. The van der Waals surface area contributed by atoms with Crippen LogP contribution in [0.4, 0.5) is 10.1 Å². The summed E-state index contributed by atoms with van der Waals surface area (Å²) in [6.07, 6.45) is 0. The van der Waals surface area contributed by atoms with Gasteiger partial charge >= 0.3 is 0 Å². The molecule has 0 atom stereocenters. The number of nitrogens with two attached hydrogens (primary N) is 1. The Kier molecular flexibility index (Phi) is 5.10. The maximum absolute atomic E-state index is 13.2. The lowest BCUT2D eigenvalue weighted by Gasteiger charge is -2.23. The van der Waals surface area contributed by atoms with Crippen LogP contribution in [0.5, 0.6) is 0 Å². The number of amides is 2. The zero-order chi connectivity index (χ0) is 15.5. The molecule has 1 aromatic rings. The number of nitrogen functional groups attached to an aromatic ring is 1. The smallest absolute Gasteiger partial charge is 0.252 e. The minimum absolute atomic E-state index is 0.107. The zero-order valence-electron chi connectivity index (χ0n) is 11.5. The predicted octanol–water partition coefficient (Wildman–Crippen LogP) is 1.67. The van der Waals surface area contributed by atoms with Crippen molar-refractivity contribution in [3.8, 4) is 0 Å². The summed E-state index contributed by atoms with van der Waals surface area (Å²) in [4.78, 5) is 23.6. The molecule has 0 radical (unpaired) electrons. The lowest BCUT2D eigenvalue weighted by Crippen LogP contribution is -2.43. The summed E-state index contributed by atoms with van der Waals surface area (Å²) in [6, 6.07) is 2.38. The molecule has 5 nitrogen and oxygen atoms in total. The monoisotopic (exact) mass is 345 g/mol. The van der Waals surface area contributed by atoms with Gasteiger partial charge in [-0.15, -0.1) is 0 Å². The quantitative estimate of drug-likeness (QED) is 0.725. The van der Waals surface area contributed by atoms with E-state index in [1.807, 2.05) is 0 Å². The van der Waals surface area contributed by atoms with Crippen molar-refractivity contribution in [1.29, 1.82) is 0 Å². The van der Waals surface area contributed by atoms with Gasteiger partial charge in [0.2, 0.25) is 5.91 Å². The van der Waals surface area contributed by atoms with Crippen LogP contribution in [0, 0.1) is 11.2 Å². The van der Waals surface area contributed by atoms with Gasteiger partial charge in [-0.05, 0) is 41.9 Å². The molecule has 0 aliphatic rings. The van der Waals surface area contributed by atoms with Crippen molar-refractivity contribution in [2.24, 2.45) is 5.41 Å². The molecular weight excluding hydrogens is 329 g/mol. The number of hydrogen-bond donors (Lipinski definition) is 3. The van der Waals surface area contributed by atoms with E-state index in [0.29, 0.717) is 4.47 Å². The van der Waals surface area contributed by atoms with Gasteiger partial charge in [0.15, 0.2) is 0 Å². The Morgan fingerprint density at radius 1 is 1.40 bits per heavy atom. The fourth-order valence-electron chi connectivity index (χ4n) is 1.55. The van der Waals surface area contributed by atoms with Gasteiger partial charge in [-0.1, -0.05) is 0 Å². The van der Waals surface area contributed by atoms with E-state index >= 15 is 0 Å². The summed E-state index contributed by atoms with van der Waals surface area (Å²) in [6.45, 7) is 3.57. The molecule has 0 saturated heterocycles. The molecule has 7 heteroatoms. The normalized spacial score (nSPS) is 11.1. The second kappa shape index (κ2) is 6.21. The van der Waals surface area contributed by atoms with Crippen molar-refractivity contribution in [1.82, 2.24) is 10.6 Å². The number of benzene rings is 1. The van der Waals surface area contributed by atoms with Crippen molar-refractivity contribution < 1.29 is 14.0 Å². The van der Waals surface area contributed by atoms with E-state index in [9.17, 15) is 14.0 Å². The molecule has 0 aliphatic carbocycles.